The van der Waals surface area contributed by atoms with Gasteiger partial charge in [0, 0.05) is 6.08 Å². The normalized spacial score (nSPS) is 11.6. The van der Waals surface area contributed by atoms with E-state index in [2.05, 4.69) is 5.32 Å². The van der Waals surface area contributed by atoms with Crippen molar-refractivity contribution < 1.29 is 24.9 Å². The van der Waals surface area contributed by atoms with Crippen molar-refractivity contribution >= 4 is 12.0 Å². The number of hydrogen-bond acceptors (Lipinski definition) is 5. The molecule has 0 aromatic heterocycles. The van der Waals surface area contributed by atoms with Gasteiger partial charge in [-0.15, -0.1) is 0 Å². The van der Waals surface area contributed by atoms with Gasteiger partial charge in [-0.2, -0.15) is 0 Å². The van der Waals surface area contributed by atoms with E-state index in [0.29, 0.717) is 6.61 Å². The van der Waals surface area contributed by atoms with Crippen molar-refractivity contribution in [1.82, 2.24) is 5.32 Å². The molecule has 116 valence electrons. The molecular weight excluding hydrogens is 274 g/mol. The van der Waals surface area contributed by atoms with Crippen LogP contribution in [0, 0.1) is 0 Å². The quantitative estimate of drug-likeness (QED) is 0.503. The second-order valence-electron chi connectivity index (χ2n) is 4.58. The Morgan fingerprint density at radius 3 is 2.24 bits per heavy atom. The number of aliphatic hydroxyl groups excluding tert-OH is 3. The van der Waals surface area contributed by atoms with Gasteiger partial charge in [0.2, 0.25) is 5.91 Å². The van der Waals surface area contributed by atoms with Gasteiger partial charge in [-0.05, 0) is 30.7 Å². The molecule has 0 fully saturated rings. The number of nitrogens with one attached hydrogen (secondary N) is 1. The van der Waals surface area contributed by atoms with E-state index in [1.165, 1.54) is 6.08 Å². The summed E-state index contributed by atoms with van der Waals surface area (Å²) in [4.78, 5) is 11.7. The van der Waals surface area contributed by atoms with Gasteiger partial charge in [0.15, 0.2) is 0 Å². The molecule has 1 amide bonds. The Morgan fingerprint density at radius 1 is 1.19 bits per heavy atom. The van der Waals surface area contributed by atoms with E-state index >= 15 is 0 Å². The fraction of sp³-hybridized carbons (Fsp3) is 0.400. The minimum Gasteiger partial charge on any atom is -0.494 e. The predicted molar refractivity (Wildman–Crippen MR) is 78.8 cm³/mol. The van der Waals surface area contributed by atoms with Crippen LogP contribution in [-0.4, -0.2) is 53.2 Å². The van der Waals surface area contributed by atoms with E-state index in [9.17, 15) is 4.79 Å². The van der Waals surface area contributed by atoms with Crippen molar-refractivity contribution in [2.24, 2.45) is 0 Å². The van der Waals surface area contributed by atoms with Crippen LogP contribution in [0.2, 0.25) is 0 Å². The SMILES string of the molecule is CCOc1ccc(/C=C/C(=O)NC(CO)(CO)CO)cc1. The maximum atomic E-state index is 11.7. The lowest BCUT2D eigenvalue weighted by atomic mass is 10.0. The minimum atomic E-state index is -1.42. The molecule has 0 saturated heterocycles. The molecule has 0 aliphatic rings. The van der Waals surface area contributed by atoms with E-state index < -0.39 is 31.3 Å². The highest BCUT2D eigenvalue weighted by atomic mass is 16.5. The number of rotatable bonds is 8. The molecule has 0 aliphatic heterocycles. The van der Waals surface area contributed by atoms with Gasteiger partial charge in [-0.1, -0.05) is 12.1 Å². The molecular formula is C15H21NO5. The molecule has 0 unspecified atom stereocenters. The lowest BCUT2D eigenvalue weighted by Gasteiger charge is -2.27. The first-order chi connectivity index (χ1) is 10.1. The van der Waals surface area contributed by atoms with Crippen molar-refractivity contribution in [2.75, 3.05) is 26.4 Å². The molecule has 0 heterocycles. The number of aliphatic hydroxyl groups is 3. The highest BCUT2D eigenvalue weighted by Crippen LogP contribution is 2.13. The van der Waals surface area contributed by atoms with Crippen LogP contribution in [0.25, 0.3) is 6.08 Å². The first-order valence-electron chi connectivity index (χ1n) is 6.65. The summed E-state index contributed by atoms with van der Waals surface area (Å²) in [6.07, 6.45) is 2.85. The smallest absolute Gasteiger partial charge is 0.244 e. The first-order valence-corrected chi connectivity index (χ1v) is 6.65. The van der Waals surface area contributed by atoms with Gasteiger partial charge >= 0.3 is 0 Å². The van der Waals surface area contributed by atoms with Gasteiger partial charge < -0.3 is 25.4 Å². The fourth-order valence-corrected chi connectivity index (χ4v) is 1.59. The Balaban J connectivity index is 2.65. The van der Waals surface area contributed by atoms with Crippen LogP contribution < -0.4 is 10.1 Å². The van der Waals surface area contributed by atoms with Gasteiger partial charge in [0.1, 0.15) is 11.3 Å². The number of amides is 1. The summed E-state index contributed by atoms with van der Waals surface area (Å²) in [5, 5.41) is 29.7. The van der Waals surface area contributed by atoms with Crippen LogP contribution in [0.1, 0.15) is 12.5 Å². The monoisotopic (exact) mass is 295 g/mol. The van der Waals surface area contributed by atoms with E-state index in [1.807, 2.05) is 6.92 Å². The van der Waals surface area contributed by atoms with Gasteiger partial charge in [-0.3, -0.25) is 4.79 Å². The third-order valence-corrected chi connectivity index (χ3v) is 2.91. The van der Waals surface area contributed by atoms with Crippen LogP contribution in [0.4, 0.5) is 0 Å². The zero-order chi connectivity index (χ0) is 15.7. The second kappa shape index (κ2) is 8.41. The van der Waals surface area contributed by atoms with Gasteiger partial charge in [0.05, 0.1) is 26.4 Å². The first kappa shape index (κ1) is 17.2. The van der Waals surface area contributed by atoms with Crippen molar-refractivity contribution in [3.05, 3.63) is 35.9 Å². The van der Waals surface area contributed by atoms with Crippen LogP contribution in [0.3, 0.4) is 0 Å². The van der Waals surface area contributed by atoms with Crippen LogP contribution in [-0.2, 0) is 4.79 Å². The number of carbonyl (C=O) groups excluding carboxylic acids is 1. The topological polar surface area (TPSA) is 99.0 Å². The second-order valence-corrected chi connectivity index (χ2v) is 4.58. The highest BCUT2D eigenvalue weighted by molar-refractivity contribution is 5.92. The average molecular weight is 295 g/mol. The molecule has 1 aromatic carbocycles. The maximum absolute atomic E-state index is 11.7. The van der Waals surface area contributed by atoms with E-state index in [1.54, 1.807) is 30.3 Å². The molecule has 21 heavy (non-hydrogen) atoms. The number of carbonyl (C=O) groups is 1. The van der Waals surface area contributed by atoms with Gasteiger partial charge in [0.25, 0.3) is 0 Å². The van der Waals surface area contributed by atoms with Crippen molar-refractivity contribution in [3.8, 4) is 5.75 Å². The van der Waals surface area contributed by atoms with Crippen molar-refractivity contribution in [2.45, 2.75) is 12.5 Å². The fourth-order valence-electron chi connectivity index (χ4n) is 1.59. The third-order valence-electron chi connectivity index (χ3n) is 2.91. The van der Waals surface area contributed by atoms with Crippen LogP contribution in [0.5, 0.6) is 5.75 Å². The van der Waals surface area contributed by atoms with E-state index in [4.69, 9.17) is 20.1 Å². The summed E-state index contributed by atoms with van der Waals surface area (Å²) in [7, 11) is 0. The summed E-state index contributed by atoms with van der Waals surface area (Å²) >= 11 is 0. The Morgan fingerprint density at radius 2 is 1.76 bits per heavy atom. The molecule has 6 heteroatoms. The van der Waals surface area contributed by atoms with Gasteiger partial charge in [-0.25, -0.2) is 0 Å². The molecule has 6 nitrogen and oxygen atoms in total. The third kappa shape index (κ3) is 5.18. The zero-order valence-electron chi connectivity index (χ0n) is 12.0. The largest absolute Gasteiger partial charge is 0.494 e. The summed E-state index contributed by atoms with van der Waals surface area (Å²) < 4.78 is 5.31. The number of hydrogen-bond donors (Lipinski definition) is 4. The molecule has 0 saturated carbocycles. The van der Waals surface area contributed by atoms with Crippen LogP contribution in [0.15, 0.2) is 30.3 Å². The summed E-state index contributed by atoms with van der Waals surface area (Å²) in [6.45, 7) is 0.824. The molecule has 1 rings (SSSR count). The standard InChI is InChI=1S/C15H21NO5/c1-2-21-13-6-3-12(4-7-13)5-8-14(20)16-15(9-17,10-18)11-19/h3-8,17-19H,2,9-11H2,1H3,(H,16,20)/b8-5+. The summed E-state index contributed by atoms with van der Waals surface area (Å²) in [5.41, 5.74) is -0.614. The lowest BCUT2D eigenvalue weighted by Crippen LogP contribution is -2.56. The predicted octanol–water partition coefficient (Wildman–Crippen LogP) is -0.0696. The molecule has 0 spiro atoms. The molecule has 1 aromatic rings. The Bertz CT molecular complexity index is 457. The summed E-state index contributed by atoms with van der Waals surface area (Å²) in [6, 6.07) is 7.18. The summed E-state index contributed by atoms with van der Waals surface area (Å²) in [5.74, 6) is 0.236. The Labute approximate surface area is 123 Å². The molecule has 0 bridgehead atoms. The van der Waals surface area contributed by atoms with Crippen molar-refractivity contribution in [3.63, 3.8) is 0 Å². The average Bonchev–Trinajstić information content (AvgIpc) is 2.52. The maximum Gasteiger partial charge on any atom is 0.244 e. The number of benzene rings is 1. The van der Waals surface area contributed by atoms with E-state index in [0.717, 1.165) is 11.3 Å². The van der Waals surface area contributed by atoms with Crippen LogP contribution >= 0.6 is 0 Å². The minimum absolute atomic E-state index is 0.513. The zero-order valence-corrected chi connectivity index (χ0v) is 12.0. The molecule has 0 atom stereocenters. The van der Waals surface area contributed by atoms with E-state index in [-0.39, 0.29) is 0 Å². The molecule has 0 aliphatic carbocycles. The molecule has 4 N–H and O–H groups in total. The van der Waals surface area contributed by atoms with Crippen molar-refractivity contribution in [1.29, 1.82) is 0 Å². The number of ether oxygens (including phenoxy) is 1. The highest BCUT2D eigenvalue weighted by Gasteiger charge is 2.29. The molecule has 0 radical (unpaired) electrons. The Hall–Kier alpha value is -1.89. The Kier molecular flexibility index (Phi) is 6.87. The lowest BCUT2D eigenvalue weighted by molar-refractivity contribution is -0.120.